The van der Waals surface area contributed by atoms with Crippen LogP contribution in [-0.4, -0.2) is 35.0 Å². The van der Waals surface area contributed by atoms with E-state index in [-0.39, 0.29) is 25.0 Å². The lowest BCUT2D eigenvalue weighted by Gasteiger charge is -2.20. The molecule has 0 aromatic rings. The summed E-state index contributed by atoms with van der Waals surface area (Å²) < 4.78 is 0. The molecule has 0 rings (SSSR count). The van der Waals surface area contributed by atoms with Crippen molar-refractivity contribution in [3.05, 3.63) is 48.6 Å². The van der Waals surface area contributed by atoms with Crippen molar-refractivity contribution < 1.29 is 14.7 Å². The molecule has 0 aromatic heterocycles. The van der Waals surface area contributed by atoms with Gasteiger partial charge in [-0.05, 0) is 77.0 Å². The average Bonchev–Trinajstić information content (AvgIpc) is 2.99. The summed E-state index contributed by atoms with van der Waals surface area (Å²) in [7, 11) is 0. The first-order chi connectivity index (χ1) is 20.7. The van der Waals surface area contributed by atoms with Crippen LogP contribution < -0.4 is 0 Å². The maximum Gasteiger partial charge on any atom is 0.229 e. The van der Waals surface area contributed by atoms with Crippen LogP contribution in [0.5, 0.6) is 0 Å². The highest BCUT2D eigenvalue weighted by atomic mass is 16.3. The molecule has 0 fully saturated rings. The molecule has 0 radical (unpaired) electrons. The Bertz CT molecular complexity index is 664. The van der Waals surface area contributed by atoms with E-state index in [0.29, 0.717) is 12.8 Å². The lowest BCUT2D eigenvalue weighted by Crippen LogP contribution is -2.38. The van der Waals surface area contributed by atoms with Gasteiger partial charge in [0.15, 0.2) is 0 Å². The fraction of sp³-hybridized carbons (Fsp3) is 0.737. The minimum atomic E-state index is -0.165. The summed E-state index contributed by atoms with van der Waals surface area (Å²) in [6.07, 6.45) is 44.2. The van der Waals surface area contributed by atoms with Gasteiger partial charge in [0.2, 0.25) is 11.8 Å². The van der Waals surface area contributed by atoms with Crippen molar-refractivity contribution in [3.8, 4) is 0 Å². The lowest BCUT2D eigenvalue weighted by atomic mass is 10.1. The van der Waals surface area contributed by atoms with Crippen molar-refractivity contribution in [2.75, 3.05) is 13.2 Å². The van der Waals surface area contributed by atoms with E-state index >= 15 is 0 Å². The zero-order chi connectivity index (χ0) is 30.8. The number of hydrogen-bond donors (Lipinski definition) is 1. The van der Waals surface area contributed by atoms with E-state index < -0.39 is 0 Å². The molecule has 0 aliphatic carbocycles. The second-order valence-electron chi connectivity index (χ2n) is 11.6. The van der Waals surface area contributed by atoms with E-state index in [4.69, 9.17) is 0 Å². The molecule has 0 bridgehead atoms. The highest BCUT2D eigenvalue weighted by Gasteiger charge is 2.19. The summed E-state index contributed by atoms with van der Waals surface area (Å²) in [6, 6.07) is 0. The quantitative estimate of drug-likeness (QED) is 0.0674. The smallest absolute Gasteiger partial charge is 0.229 e. The van der Waals surface area contributed by atoms with Crippen LogP contribution in [0.1, 0.15) is 168 Å². The predicted octanol–water partition coefficient (Wildman–Crippen LogP) is 11.0. The van der Waals surface area contributed by atoms with Crippen LogP contribution >= 0.6 is 0 Å². The molecule has 0 heterocycles. The summed E-state index contributed by atoms with van der Waals surface area (Å²) in [4.78, 5) is 26.6. The van der Waals surface area contributed by atoms with E-state index in [1.54, 1.807) is 0 Å². The molecule has 0 spiro atoms. The molecule has 4 nitrogen and oxygen atoms in total. The van der Waals surface area contributed by atoms with Gasteiger partial charge in [0.25, 0.3) is 0 Å². The van der Waals surface area contributed by atoms with Gasteiger partial charge in [0, 0.05) is 12.8 Å². The van der Waals surface area contributed by atoms with Crippen LogP contribution in [-0.2, 0) is 9.59 Å². The summed E-state index contributed by atoms with van der Waals surface area (Å²) in [5, 5.41) is 9.38. The Labute approximate surface area is 260 Å². The van der Waals surface area contributed by atoms with Gasteiger partial charge >= 0.3 is 0 Å². The first-order valence-corrected chi connectivity index (χ1v) is 17.7. The third-order valence-corrected chi connectivity index (χ3v) is 7.61. The van der Waals surface area contributed by atoms with E-state index in [9.17, 15) is 14.7 Å². The topological polar surface area (TPSA) is 57.6 Å². The fourth-order valence-corrected chi connectivity index (χ4v) is 4.93. The maximum atomic E-state index is 12.6. The molecule has 0 unspecified atom stereocenters. The number of hydrogen-bond acceptors (Lipinski definition) is 3. The number of aliphatic hydroxyl groups is 1. The third kappa shape index (κ3) is 28.2. The second-order valence-corrected chi connectivity index (χ2v) is 11.6. The molecule has 0 aromatic carbocycles. The van der Waals surface area contributed by atoms with Gasteiger partial charge in [-0.1, -0.05) is 127 Å². The second kappa shape index (κ2) is 33.6. The molecule has 0 saturated heterocycles. The predicted molar refractivity (Wildman–Crippen MR) is 183 cm³/mol. The largest absolute Gasteiger partial charge is 0.395 e. The number of amides is 2. The maximum absolute atomic E-state index is 12.6. The van der Waals surface area contributed by atoms with Gasteiger partial charge in [-0.25, -0.2) is 0 Å². The van der Waals surface area contributed by atoms with Gasteiger partial charge in [0.05, 0.1) is 13.2 Å². The first kappa shape index (κ1) is 40.1. The molecule has 0 saturated carbocycles. The summed E-state index contributed by atoms with van der Waals surface area (Å²) in [5.74, 6) is -0.246. The molecule has 0 atom stereocenters. The van der Waals surface area contributed by atoms with Crippen molar-refractivity contribution in [1.29, 1.82) is 0 Å². The van der Waals surface area contributed by atoms with E-state index in [2.05, 4.69) is 62.5 Å². The highest BCUT2D eigenvalue weighted by Crippen LogP contribution is 2.13. The third-order valence-electron chi connectivity index (χ3n) is 7.61. The van der Waals surface area contributed by atoms with E-state index in [0.717, 1.165) is 64.2 Å². The van der Waals surface area contributed by atoms with E-state index in [1.165, 1.54) is 81.9 Å². The van der Waals surface area contributed by atoms with Crippen LogP contribution in [0.15, 0.2) is 48.6 Å². The monoisotopic (exact) mass is 586 g/mol. The number of nitrogens with zero attached hydrogens (tertiary/aromatic N) is 1. The molecule has 242 valence electrons. The fourth-order valence-electron chi connectivity index (χ4n) is 4.93. The van der Waals surface area contributed by atoms with Crippen LogP contribution in [0.2, 0.25) is 0 Å². The van der Waals surface area contributed by atoms with Crippen LogP contribution in [0.3, 0.4) is 0 Å². The van der Waals surface area contributed by atoms with Gasteiger partial charge in [-0.3, -0.25) is 14.5 Å². The van der Waals surface area contributed by atoms with Crippen molar-refractivity contribution in [3.63, 3.8) is 0 Å². The van der Waals surface area contributed by atoms with Gasteiger partial charge in [0.1, 0.15) is 0 Å². The van der Waals surface area contributed by atoms with Crippen LogP contribution in [0.4, 0.5) is 0 Å². The number of carbonyl (C=O) groups is 2. The Morgan fingerprint density at radius 3 is 1.17 bits per heavy atom. The minimum Gasteiger partial charge on any atom is -0.395 e. The van der Waals surface area contributed by atoms with Crippen molar-refractivity contribution in [1.82, 2.24) is 4.90 Å². The number of carbonyl (C=O) groups excluding carboxylic acids is 2. The number of rotatable bonds is 30. The Hall–Kier alpha value is -1.94. The number of aliphatic hydroxyl groups excluding tert-OH is 1. The Balaban J connectivity index is 3.81. The number of unbranched alkanes of at least 4 members (excludes halogenated alkanes) is 16. The molecule has 2 amide bonds. The van der Waals surface area contributed by atoms with Crippen molar-refractivity contribution in [2.24, 2.45) is 0 Å². The highest BCUT2D eigenvalue weighted by molar-refractivity contribution is 5.95. The standard InChI is InChI=1S/C38H67NO3/c1-3-5-7-9-11-13-15-17-19-21-23-25-27-29-31-33-37(41)39(35-36-40)38(42)34-32-30-28-26-24-22-20-18-16-14-12-10-8-6-4-2/h11-14,17-20,40H,3-10,15-16,21-36H2,1-2H3/b13-11-,14-12-,19-17-,20-18-. The molecule has 42 heavy (non-hydrogen) atoms. The average molecular weight is 586 g/mol. The van der Waals surface area contributed by atoms with Crippen LogP contribution in [0.25, 0.3) is 0 Å². The summed E-state index contributed by atoms with van der Waals surface area (Å²) in [5.41, 5.74) is 0. The normalized spacial score (nSPS) is 12.1. The molecular weight excluding hydrogens is 518 g/mol. The molecule has 4 heteroatoms. The van der Waals surface area contributed by atoms with Crippen molar-refractivity contribution >= 4 is 11.8 Å². The lowest BCUT2D eigenvalue weighted by molar-refractivity contribution is -0.145. The van der Waals surface area contributed by atoms with Crippen molar-refractivity contribution in [2.45, 2.75) is 168 Å². The first-order valence-electron chi connectivity index (χ1n) is 17.7. The Kier molecular flexibility index (Phi) is 32.0. The number of allylic oxidation sites excluding steroid dienone is 8. The summed E-state index contributed by atoms with van der Waals surface area (Å²) in [6.45, 7) is 4.43. The zero-order valence-electron chi connectivity index (χ0n) is 27.7. The molecule has 0 aliphatic rings. The zero-order valence-corrected chi connectivity index (χ0v) is 27.7. The van der Waals surface area contributed by atoms with E-state index in [1.807, 2.05) is 0 Å². The van der Waals surface area contributed by atoms with Crippen LogP contribution in [0, 0.1) is 0 Å². The molecular formula is C38H67NO3. The SMILES string of the molecule is CCCCC/C=C\C/C=C\CCCCCCCC(=O)N(CCO)C(=O)CCCCCCC/C=C\C/C=C\CCCCC. The van der Waals surface area contributed by atoms with Gasteiger partial charge in [-0.2, -0.15) is 0 Å². The minimum absolute atomic E-state index is 0.123. The number of imide groups is 1. The Morgan fingerprint density at radius 2 is 0.810 bits per heavy atom. The molecule has 1 N–H and O–H groups in total. The Morgan fingerprint density at radius 1 is 0.476 bits per heavy atom. The summed E-state index contributed by atoms with van der Waals surface area (Å²) >= 11 is 0. The van der Waals surface area contributed by atoms with Gasteiger partial charge < -0.3 is 5.11 Å². The molecule has 0 aliphatic heterocycles. The van der Waals surface area contributed by atoms with Gasteiger partial charge in [-0.15, -0.1) is 0 Å².